The third-order valence-electron chi connectivity index (χ3n) is 4.45. The van der Waals surface area contributed by atoms with Crippen LogP contribution in [0.3, 0.4) is 0 Å². The standard InChI is InChI=1S/C16H20N6O/c1-10(2)13-20-16(23-21-13)11-4-7-22(8-5-11)15-12-3-6-17-14(12)18-9-19-15/h3,6,9-11H,4-5,7-8H2,1-2H3,(H,17,18,19). The van der Waals surface area contributed by atoms with Crippen LogP contribution in [-0.2, 0) is 0 Å². The van der Waals surface area contributed by atoms with Crippen LogP contribution < -0.4 is 4.90 Å². The van der Waals surface area contributed by atoms with E-state index in [1.54, 1.807) is 6.33 Å². The number of hydrogen-bond donors (Lipinski definition) is 1. The van der Waals surface area contributed by atoms with Crippen LogP contribution in [0, 0.1) is 0 Å². The minimum absolute atomic E-state index is 0.301. The molecule has 7 heteroatoms. The normalized spacial score (nSPS) is 16.6. The van der Waals surface area contributed by atoms with Gasteiger partial charge >= 0.3 is 0 Å². The highest BCUT2D eigenvalue weighted by atomic mass is 16.5. The van der Waals surface area contributed by atoms with E-state index in [0.717, 1.165) is 54.5 Å². The molecular weight excluding hydrogens is 292 g/mol. The molecule has 23 heavy (non-hydrogen) atoms. The van der Waals surface area contributed by atoms with E-state index in [9.17, 15) is 0 Å². The predicted molar refractivity (Wildman–Crippen MR) is 86.5 cm³/mol. The predicted octanol–water partition coefficient (Wildman–Crippen LogP) is 2.85. The van der Waals surface area contributed by atoms with Crippen molar-refractivity contribution in [2.45, 2.75) is 38.5 Å². The molecule has 3 aromatic heterocycles. The molecule has 4 heterocycles. The van der Waals surface area contributed by atoms with Crippen LogP contribution in [0.25, 0.3) is 11.0 Å². The van der Waals surface area contributed by atoms with E-state index in [2.05, 4.69) is 43.8 Å². The molecule has 1 aliphatic heterocycles. The van der Waals surface area contributed by atoms with E-state index in [4.69, 9.17) is 4.52 Å². The second kappa shape index (κ2) is 5.64. The maximum absolute atomic E-state index is 5.45. The Balaban J connectivity index is 1.49. The average molecular weight is 312 g/mol. The molecule has 0 saturated carbocycles. The molecule has 1 saturated heterocycles. The van der Waals surface area contributed by atoms with E-state index in [-0.39, 0.29) is 0 Å². The zero-order chi connectivity index (χ0) is 15.8. The van der Waals surface area contributed by atoms with Gasteiger partial charge in [-0.25, -0.2) is 9.97 Å². The molecule has 0 aliphatic carbocycles. The highest BCUT2D eigenvalue weighted by Crippen LogP contribution is 2.31. The SMILES string of the molecule is CC(C)c1noc(C2CCN(c3ncnc4[nH]ccc34)CC2)n1. The monoisotopic (exact) mass is 312 g/mol. The van der Waals surface area contributed by atoms with Gasteiger partial charge < -0.3 is 14.4 Å². The Bertz CT molecular complexity index is 800. The Hall–Kier alpha value is -2.44. The van der Waals surface area contributed by atoms with Gasteiger partial charge in [0.1, 0.15) is 17.8 Å². The smallest absolute Gasteiger partial charge is 0.229 e. The number of H-pyrrole nitrogens is 1. The molecule has 0 atom stereocenters. The number of hydrogen-bond acceptors (Lipinski definition) is 6. The van der Waals surface area contributed by atoms with E-state index in [0.29, 0.717) is 11.8 Å². The number of rotatable bonds is 3. The molecule has 0 aromatic carbocycles. The van der Waals surface area contributed by atoms with Crippen molar-refractivity contribution >= 4 is 16.9 Å². The van der Waals surface area contributed by atoms with E-state index in [1.807, 2.05) is 12.3 Å². The average Bonchev–Trinajstić information content (AvgIpc) is 3.24. The number of piperidine rings is 1. The molecule has 0 spiro atoms. The summed E-state index contributed by atoms with van der Waals surface area (Å²) in [5.41, 5.74) is 0.885. The van der Waals surface area contributed by atoms with Gasteiger partial charge in [0.05, 0.1) is 5.39 Å². The Labute approximate surface area is 134 Å². The molecule has 0 radical (unpaired) electrons. The molecule has 3 aromatic rings. The Morgan fingerprint density at radius 3 is 2.83 bits per heavy atom. The Morgan fingerprint density at radius 2 is 2.09 bits per heavy atom. The van der Waals surface area contributed by atoms with E-state index >= 15 is 0 Å². The van der Waals surface area contributed by atoms with Gasteiger partial charge in [0, 0.05) is 31.1 Å². The van der Waals surface area contributed by atoms with Crippen LogP contribution in [0.15, 0.2) is 23.1 Å². The van der Waals surface area contributed by atoms with Gasteiger partial charge in [-0.05, 0) is 18.9 Å². The molecule has 1 aliphatic rings. The van der Waals surface area contributed by atoms with Crippen LogP contribution in [0.4, 0.5) is 5.82 Å². The van der Waals surface area contributed by atoms with Gasteiger partial charge in [-0.2, -0.15) is 4.98 Å². The first-order valence-corrected chi connectivity index (χ1v) is 8.09. The van der Waals surface area contributed by atoms with Crippen LogP contribution in [0.1, 0.15) is 50.2 Å². The molecular formula is C16H20N6O. The number of aromatic nitrogens is 5. The topological polar surface area (TPSA) is 83.7 Å². The zero-order valence-electron chi connectivity index (χ0n) is 13.4. The summed E-state index contributed by atoms with van der Waals surface area (Å²) in [5, 5.41) is 5.15. The van der Waals surface area contributed by atoms with E-state index in [1.165, 1.54) is 0 Å². The Morgan fingerprint density at radius 1 is 1.26 bits per heavy atom. The quantitative estimate of drug-likeness (QED) is 0.800. The number of nitrogens with zero attached hydrogens (tertiary/aromatic N) is 5. The molecule has 4 rings (SSSR count). The van der Waals surface area contributed by atoms with Crippen molar-refractivity contribution in [2.75, 3.05) is 18.0 Å². The molecule has 1 N–H and O–H groups in total. The molecule has 7 nitrogen and oxygen atoms in total. The fourth-order valence-corrected chi connectivity index (χ4v) is 3.10. The van der Waals surface area contributed by atoms with Gasteiger partial charge in [-0.1, -0.05) is 19.0 Å². The number of anilines is 1. The first-order valence-electron chi connectivity index (χ1n) is 8.09. The molecule has 0 bridgehead atoms. The van der Waals surface area contributed by atoms with Crippen molar-refractivity contribution in [2.24, 2.45) is 0 Å². The molecule has 0 unspecified atom stereocenters. The van der Waals surface area contributed by atoms with Crippen molar-refractivity contribution in [3.05, 3.63) is 30.3 Å². The highest BCUT2D eigenvalue weighted by Gasteiger charge is 2.27. The van der Waals surface area contributed by atoms with Gasteiger partial charge in [0.15, 0.2) is 5.82 Å². The minimum atomic E-state index is 0.301. The van der Waals surface area contributed by atoms with Crippen molar-refractivity contribution in [3.8, 4) is 0 Å². The van der Waals surface area contributed by atoms with Gasteiger partial charge in [-0.3, -0.25) is 0 Å². The van der Waals surface area contributed by atoms with Gasteiger partial charge in [-0.15, -0.1) is 0 Å². The summed E-state index contributed by atoms with van der Waals surface area (Å²) >= 11 is 0. The van der Waals surface area contributed by atoms with Gasteiger partial charge in [0.2, 0.25) is 5.89 Å². The summed E-state index contributed by atoms with van der Waals surface area (Å²) in [4.78, 5) is 18.7. The molecule has 120 valence electrons. The highest BCUT2D eigenvalue weighted by molar-refractivity contribution is 5.87. The van der Waals surface area contributed by atoms with E-state index < -0.39 is 0 Å². The summed E-state index contributed by atoms with van der Waals surface area (Å²) in [6.07, 6.45) is 5.51. The van der Waals surface area contributed by atoms with Crippen LogP contribution >= 0.6 is 0 Å². The minimum Gasteiger partial charge on any atom is -0.356 e. The van der Waals surface area contributed by atoms with Crippen LogP contribution in [-0.4, -0.2) is 38.2 Å². The number of fused-ring (bicyclic) bond motifs is 1. The second-order valence-corrected chi connectivity index (χ2v) is 6.34. The first-order chi connectivity index (χ1) is 11.2. The molecule has 1 fully saturated rings. The summed E-state index contributed by atoms with van der Waals surface area (Å²) in [7, 11) is 0. The van der Waals surface area contributed by atoms with Crippen molar-refractivity contribution < 1.29 is 4.52 Å². The summed E-state index contributed by atoms with van der Waals surface area (Å²) in [6.45, 7) is 6.02. The van der Waals surface area contributed by atoms with Crippen LogP contribution in [0.5, 0.6) is 0 Å². The fourth-order valence-electron chi connectivity index (χ4n) is 3.10. The maximum Gasteiger partial charge on any atom is 0.229 e. The van der Waals surface area contributed by atoms with Crippen molar-refractivity contribution in [3.63, 3.8) is 0 Å². The second-order valence-electron chi connectivity index (χ2n) is 6.34. The largest absolute Gasteiger partial charge is 0.356 e. The Kier molecular flexibility index (Phi) is 3.48. The van der Waals surface area contributed by atoms with Crippen molar-refractivity contribution in [1.29, 1.82) is 0 Å². The third kappa shape index (κ3) is 2.56. The van der Waals surface area contributed by atoms with Crippen LogP contribution in [0.2, 0.25) is 0 Å². The zero-order valence-corrected chi connectivity index (χ0v) is 13.4. The third-order valence-corrected chi connectivity index (χ3v) is 4.45. The number of nitrogens with one attached hydrogen (secondary N) is 1. The maximum atomic E-state index is 5.45. The lowest BCUT2D eigenvalue weighted by molar-refractivity contribution is 0.326. The lowest BCUT2D eigenvalue weighted by Crippen LogP contribution is -2.33. The lowest BCUT2D eigenvalue weighted by Gasteiger charge is -2.31. The fraction of sp³-hybridized carbons (Fsp3) is 0.500. The summed E-state index contributed by atoms with van der Waals surface area (Å²) in [5.74, 6) is 3.23. The lowest BCUT2D eigenvalue weighted by atomic mass is 9.96. The van der Waals surface area contributed by atoms with Gasteiger partial charge in [0.25, 0.3) is 0 Å². The first kappa shape index (κ1) is 14.2. The number of aromatic amines is 1. The molecule has 0 amide bonds. The van der Waals surface area contributed by atoms with Crippen molar-refractivity contribution in [1.82, 2.24) is 25.1 Å². The summed E-state index contributed by atoms with van der Waals surface area (Å²) < 4.78 is 5.45. The summed E-state index contributed by atoms with van der Waals surface area (Å²) in [6, 6.07) is 2.03.